The molecule has 0 radical (unpaired) electrons. The lowest BCUT2D eigenvalue weighted by Gasteiger charge is -2.20. The van der Waals surface area contributed by atoms with Crippen molar-refractivity contribution in [2.24, 2.45) is 0 Å². The third kappa shape index (κ3) is 2.32. The van der Waals surface area contributed by atoms with Gasteiger partial charge in [0.25, 0.3) is 0 Å². The Bertz CT molecular complexity index is 252. The molecule has 0 heterocycles. The zero-order chi connectivity index (χ0) is 9.03. The van der Waals surface area contributed by atoms with Crippen molar-refractivity contribution in [2.45, 2.75) is 10.5 Å². The van der Waals surface area contributed by atoms with Crippen LogP contribution in [0.1, 0.15) is 12.0 Å². The predicted octanol–water partition coefficient (Wildman–Crippen LogP) is 3.28. The Kier molecular flexibility index (Phi) is 3.29. The van der Waals surface area contributed by atoms with Gasteiger partial charge in [-0.1, -0.05) is 36.4 Å². The minimum atomic E-state index is -0.386. The van der Waals surface area contributed by atoms with Crippen LogP contribution in [0.4, 0.5) is 0 Å². The minimum Gasteiger partial charge on any atom is -0.157 e. The van der Waals surface area contributed by atoms with E-state index in [0.29, 0.717) is 0 Å². The Hall–Kier alpha value is -0.340. The van der Waals surface area contributed by atoms with Gasteiger partial charge in [0.2, 0.25) is 0 Å². The van der Waals surface area contributed by atoms with Gasteiger partial charge in [0, 0.05) is 0 Å². The molecule has 0 saturated carbocycles. The van der Waals surface area contributed by atoms with E-state index in [1.807, 2.05) is 36.4 Å². The zero-order valence-electron chi connectivity index (χ0n) is 6.77. The zero-order valence-corrected chi connectivity index (χ0v) is 8.56. The molecule has 0 spiro atoms. The van der Waals surface area contributed by atoms with Gasteiger partial charge in [-0.3, -0.25) is 0 Å². The summed E-state index contributed by atoms with van der Waals surface area (Å²) in [4.78, 5) is 0. The van der Waals surface area contributed by atoms with Gasteiger partial charge < -0.3 is 0 Å². The van der Waals surface area contributed by atoms with Crippen LogP contribution in [0.5, 0.6) is 0 Å². The summed E-state index contributed by atoms with van der Waals surface area (Å²) >= 11 is 8.90. The average molecular weight is 196 g/mol. The van der Waals surface area contributed by atoms with Crippen LogP contribution in [0.2, 0.25) is 0 Å². The number of rotatable bonds is 3. The van der Waals surface area contributed by atoms with Crippen LogP contribution >= 0.6 is 25.3 Å². The maximum Gasteiger partial charge on any atom is 0.0836 e. The van der Waals surface area contributed by atoms with Crippen molar-refractivity contribution in [3.05, 3.63) is 48.6 Å². The molecular weight excluding hydrogens is 184 g/mol. The summed E-state index contributed by atoms with van der Waals surface area (Å²) in [6, 6.07) is 9.99. The van der Waals surface area contributed by atoms with Crippen molar-refractivity contribution in [1.29, 1.82) is 0 Å². The van der Waals surface area contributed by atoms with Crippen LogP contribution in [0, 0.1) is 0 Å². The second kappa shape index (κ2) is 4.06. The molecule has 12 heavy (non-hydrogen) atoms. The Morgan fingerprint density at radius 3 is 2.33 bits per heavy atom. The number of benzene rings is 1. The van der Waals surface area contributed by atoms with Gasteiger partial charge in [0.15, 0.2) is 0 Å². The monoisotopic (exact) mass is 196 g/mol. The van der Waals surface area contributed by atoms with E-state index < -0.39 is 0 Å². The maximum atomic E-state index is 4.45. The van der Waals surface area contributed by atoms with Crippen LogP contribution in [-0.4, -0.2) is 0 Å². The average Bonchev–Trinajstić information content (AvgIpc) is 2.06. The van der Waals surface area contributed by atoms with Crippen molar-refractivity contribution >= 4 is 25.3 Å². The van der Waals surface area contributed by atoms with E-state index in [1.165, 1.54) is 0 Å². The predicted molar refractivity (Wildman–Crippen MR) is 60.9 cm³/mol. The summed E-state index contributed by atoms with van der Waals surface area (Å²) in [6.07, 6.45) is 2.58. The summed E-state index contributed by atoms with van der Waals surface area (Å²) in [5.74, 6) is 0. The summed E-state index contributed by atoms with van der Waals surface area (Å²) < 4.78 is -0.386. The fourth-order valence-corrected chi connectivity index (χ4v) is 1.58. The van der Waals surface area contributed by atoms with Gasteiger partial charge in [-0.15, -0.1) is 6.58 Å². The van der Waals surface area contributed by atoms with Gasteiger partial charge in [-0.2, -0.15) is 25.3 Å². The highest BCUT2D eigenvalue weighted by Gasteiger charge is 2.20. The maximum absolute atomic E-state index is 4.45. The van der Waals surface area contributed by atoms with Crippen molar-refractivity contribution in [3.8, 4) is 0 Å². The molecule has 1 aromatic rings. The van der Waals surface area contributed by atoms with E-state index in [0.717, 1.165) is 12.0 Å². The molecule has 0 aromatic heterocycles. The highest BCUT2D eigenvalue weighted by atomic mass is 32.2. The van der Waals surface area contributed by atoms with E-state index in [1.54, 1.807) is 0 Å². The molecule has 64 valence electrons. The van der Waals surface area contributed by atoms with Gasteiger partial charge in [0.1, 0.15) is 0 Å². The second-order valence-corrected chi connectivity index (χ2v) is 4.56. The molecule has 0 amide bonds. The van der Waals surface area contributed by atoms with E-state index in [4.69, 9.17) is 0 Å². The Balaban J connectivity index is 2.89. The van der Waals surface area contributed by atoms with Gasteiger partial charge in [0.05, 0.1) is 4.08 Å². The standard InChI is InChI=1S/C10H12S2/c1-2-8-10(11,12)9-6-4-3-5-7-9/h2-7,11-12H,1,8H2. The molecule has 1 aromatic carbocycles. The summed E-state index contributed by atoms with van der Waals surface area (Å²) in [6.45, 7) is 3.67. The topological polar surface area (TPSA) is 0 Å². The lowest BCUT2D eigenvalue weighted by Crippen LogP contribution is -2.08. The molecule has 0 bridgehead atoms. The first-order valence-electron chi connectivity index (χ1n) is 3.78. The number of thiol groups is 2. The van der Waals surface area contributed by atoms with Gasteiger partial charge in [-0.05, 0) is 12.0 Å². The summed E-state index contributed by atoms with van der Waals surface area (Å²) in [7, 11) is 0. The highest BCUT2D eigenvalue weighted by molar-refractivity contribution is 7.99. The first-order chi connectivity index (χ1) is 5.67. The molecule has 0 aliphatic rings. The summed E-state index contributed by atoms with van der Waals surface area (Å²) in [5, 5.41) is 0. The van der Waals surface area contributed by atoms with Crippen LogP contribution in [0.15, 0.2) is 43.0 Å². The van der Waals surface area contributed by atoms with Crippen molar-refractivity contribution < 1.29 is 0 Å². The van der Waals surface area contributed by atoms with Crippen LogP contribution in [-0.2, 0) is 4.08 Å². The molecular formula is C10H12S2. The fraction of sp³-hybridized carbons (Fsp3) is 0.200. The smallest absolute Gasteiger partial charge is 0.0836 e. The quantitative estimate of drug-likeness (QED) is 0.414. The number of hydrogen-bond donors (Lipinski definition) is 2. The second-order valence-electron chi connectivity index (χ2n) is 2.68. The lowest BCUT2D eigenvalue weighted by molar-refractivity contribution is 0.914. The van der Waals surface area contributed by atoms with Crippen molar-refractivity contribution in [1.82, 2.24) is 0 Å². The first kappa shape index (κ1) is 9.75. The van der Waals surface area contributed by atoms with Gasteiger partial charge >= 0.3 is 0 Å². The van der Waals surface area contributed by atoms with Crippen LogP contribution in [0.25, 0.3) is 0 Å². The molecule has 0 aliphatic carbocycles. The van der Waals surface area contributed by atoms with Crippen LogP contribution in [0.3, 0.4) is 0 Å². The first-order valence-corrected chi connectivity index (χ1v) is 4.67. The van der Waals surface area contributed by atoms with Crippen molar-refractivity contribution in [3.63, 3.8) is 0 Å². The van der Waals surface area contributed by atoms with E-state index in [2.05, 4.69) is 31.8 Å². The van der Waals surface area contributed by atoms with Gasteiger partial charge in [-0.25, -0.2) is 0 Å². The lowest BCUT2D eigenvalue weighted by atomic mass is 10.1. The largest absolute Gasteiger partial charge is 0.157 e. The molecule has 1 rings (SSSR count). The molecule has 0 aliphatic heterocycles. The van der Waals surface area contributed by atoms with E-state index in [-0.39, 0.29) is 4.08 Å². The molecule has 0 unspecified atom stereocenters. The SMILES string of the molecule is C=CCC(S)(S)c1ccccc1. The Morgan fingerprint density at radius 2 is 1.83 bits per heavy atom. The molecule has 2 heteroatoms. The normalized spacial score (nSPS) is 11.2. The van der Waals surface area contributed by atoms with E-state index in [9.17, 15) is 0 Å². The number of hydrogen-bond acceptors (Lipinski definition) is 2. The Labute approximate surface area is 84.5 Å². The third-order valence-corrected chi connectivity index (χ3v) is 2.55. The fourth-order valence-electron chi connectivity index (χ4n) is 1.02. The molecule has 0 atom stereocenters. The van der Waals surface area contributed by atoms with Crippen molar-refractivity contribution in [2.75, 3.05) is 0 Å². The molecule has 0 fully saturated rings. The molecule has 0 nitrogen and oxygen atoms in total. The third-order valence-electron chi connectivity index (χ3n) is 1.67. The summed E-state index contributed by atoms with van der Waals surface area (Å²) in [5.41, 5.74) is 1.11. The molecule has 0 N–H and O–H groups in total. The minimum absolute atomic E-state index is 0.386. The Morgan fingerprint density at radius 1 is 1.25 bits per heavy atom. The van der Waals surface area contributed by atoms with E-state index >= 15 is 0 Å². The van der Waals surface area contributed by atoms with Crippen LogP contribution < -0.4 is 0 Å². The molecule has 0 saturated heterocycles. The highest BCUT2D eigenvalue weighted by Crippen LogP contribution is 2.36. The number of allylic oxidation sites excluding steroid dienone is 1.